The molecule has 0 atom stereocenters. The summed E-state index contributed by atoms with van der Waals surface area (Å²) in [4.78, 5) is 13.2. The minimum absolute atomic E-state index is 0.239. The molecule has 2 saturated heterocycles. The fraction of sp³-hybridized carbons (Fsp3) is 0.435. The Morgan fingerprint density at radius 2 is 1.89 bits per heavy atom. The number of nitriles is 2. The molecule has 3 aromatic rings. The Kier molecular flexibility index (Phi) is 5.54. The van der Waals surface area contributed by atoms with Gasteiger partial charge in [0.2, 0.25) is 11.9 Å². The third-order valence-corrected chi connectivity index (χ3v) is 7.10. The van der Waals surface area contributed by atoms with Crippen molar-refractivity contribution in [2.45, 2.75) is 24.6 Å². The fourth-order valence-corrected chi connectivity index (χ4v) is 4.74. The summed E-state index contributed by atoms with van der Waals surface area (Å²) in [7, 11) is 0. The van der Waals surface area contributed by atoms with Gasteiger partial charge in [-0.3, -0.25) is 4.90 Å². The van der Waals surface area contributed by atoms with Crippen LogP contribution in [0.25, 0.3) is 5.65 Å². The first-order valence-corrected chi connectivity index (χ1v) is 12.1. The van der Waals surface area contributed by atoms with Crippen LogP contribution in [-0.2, 0) is 4.74 Å². The van der Waals surface area contributed by atoms with Gasteiger partial charge >= 0.3 is 0 Å². The van der Waals surface area contributed by atoms with Gasteiger partial charge in [-0.25, -0.2) is 0 Å². The predicted molar refractivity (Wildman–Crippen MR) is 131 cm³/mol. The maximum absolute atomic E-state index is 10.6. The number of fused-ring (bicyclic) bond motifs is 1. The minimum Gasteiger partial charge on any atom is -0.372 e. The van der Waals surface area contributed by atoms with Gasteiger partial charge in [0.25, 0.3) is 0 Å². The number of halogens is 1. The molecule has 0 spiro atoms. The highest BCUT2D eigenvalue weighted by Gasteiger charge is 2.43. The van der Waals surface area contributed by atoms with E-state index in [2.05, 4.69) is 42.7 Å². The SMILES string of the molecule is N#Cc1cc(Nc2nc(NC3CC3)n3ncc(C#N)c3n2)c(Cl)c(N2CCN(C3(O)COC3)CC2)c1. The largest absolute Gasteiger partial charge is 0.372 e. The summed E-state index contributed by atoms with van der Waals surface area (Å²) in [5.74, 6) is 0.718. The predicted octanol–water partition coefficient (Wildman–Crippen LogP) is 1.68. The summed E-state index contributed by atoms with van der Waals surface area (Å²) < 4.78 is 6.70. The van der Waals surface area contributed by atoms with Gasteiger partial charge < -0.3 is 25.4 Å². The van der Waals surface area contributed by atoms with Crippen molar-refractivity contribution in [2.75, 3.05) is 54.9 Å². The Hall–Kier alpha value is -3.68. The minimum atomic E-state index is -0.894. The number of hydrogen-bond acceptors (Lipinski definition) is 11. The van der Waals surface area contributed by atoms with Crippen LogP contribution in [0.5, 0.6) is 0 Å². The average Bonchev–Trinajstić information content (AvgIpc) is 3.59. The summed E-state index contributed by atoms with van der Waals surface area (Å²) >= 11 is 6.84. The van der Waals surface area contributed by atoms with Crippen LogP contribution in [0.3, 0.4) is 0 Å². The van der Waals surface area contributed by atoms with Crippen molar-refractivity contribution in [3.8, 4) is 12.1 Å². The summed E-state index contributed by atoms with van der Waals surface area (Å²) in [6, 6.07) is 8.03. The van der Waals surface area contributed by atoms with Gasteiger partial charge in [0, 0.05) is 32.2 Å². The summed E-state index contributed by atoms with van der Waals surface area (Å²) in [6.45, 7) is 3.19. The molecular weight excluding hydrogens is 484 g/mol. The molecule has 0 unspecified atom stereocenters. The van der Waals surface area contributed by atoms with Gasteiger partial charge in [0.15, 0.2) is 11.4 Å². The molecule has 0 radical (unpaired) electrons. The number of aliphatic hydroxyl groups is 1. The molecule has 3 N–H and O–H groups in total. The lowest BCUT2D eigenvalue weighted by Gasteiger charge is -2.49. The monoisotopic (exact) mass is 506 g/mol. The van der Waals surface area contributed by atoms with Crippen molar-refractivity contribution in [3.05, 3.63) is 34.5 Å². The molecule has 0 amide bonds. The zero-order valence-corrected chi connectivity index (χ0v) is 20.0. The molecule has 1 aliphatic carbocycles. The first kappa shape index (κ1) is 22.8. The molecule has 6 rings (SSSR count). The number of anilines is 4. The summed E-state index contributed by atoms with van der Waals surface area (Å²) in [5, 5.41) is 40.9. The number of nitrogens with zero attached hydrogens (tertiary/aromatic N) is 8. The highest BCUT2D eigenvalue weighted by Crippen LogP contribution is 2.37. The lowest BCUT2D eigenvalue weighted by atomic mass is 10.1. The Bertz CT molecular complexity index is 1410. The van der Waals surface area contributed by atoms with E-state index in [0.717, 1.165) is 12.8 Å². The van der Waals surface area contributed by atoms with Crippen molar-refractivity contribution >= 4 is 40.5 Å². The topological polar surface area (TPSA) is 151 Å². The third kappa shape index (κ3) is 4.04. The molecule has 2 aromatic heterocycles. The van der Waals surface area contributed by atoms with Crippen molar-refractivity contribution < 1.29 is 9.84 Å². The maximum Gasteiger partial charge on any atom is 0.232 e. The van der Waals surface area contributed by atoms with E-state index in [1.165, 1.54) is 10.7 Å². The molecular formula is C23H23ClN10O2. The molecule has 3 fully saturated rings. The van der Waals surface area contributed by atoms with E-state index in [0.29, 0.717) is 84.6 Å². The number of hydrogen-bond donors (Lipinski definition) is 3. The highest BCUT2D eigenvalue weighted by atomic mass is 35.5. The van der Waals surface area contributed by atoms with Gasteiger partial charge in [-0.05, 0) is 25.0 Å². The standard InChI is InChI=1S/C23H23ClN10O2/c24-19-17(29-21-30-20-15(10-26)11-27-34(20)22(31-21)28-16-1-2-16)7-14(9-25)8-18(19)32-3-5-33(6-4-32)23(35)12-36-13-23/h7-8,11,16,35H,1-6,12-13H2,(H2,28,29,30,31). The molecule has 36 heavy (non-hydrogen) atoms. The third-order valence-electron chi connectivity index (χ3n) is 6.70. The van der Waals surface area contributed by atoms with Crippen LogP contribution in [0.4, 0.5) is 23.3 Å². The van der Waals surface area contributed by atoms with Crippen LogP contribution in [0.15, 0.2) is 18.3 Å². The molecule has 184 valence electrons. The second-order valence-corrected chi connectivity index (χ2v) is 9.62. The van der Waals surface area contributed by atoms with E-state index in [-0.39, 0.29) is 5.95 Å². The number of ether oxygens (including phenoxy) is 1. The first-order valence-electron chi connectivity index (χ1n) is 11.7. The zero-order chi connectivity index (χ0) is 24.9. The van der Waals surface area contributed by atoms with Crippen molar-refractivity contribution in [2.24, 2.45) is 0 Å². The second-order valence-electron chi connectivity index (χ2n) is 9.24. The normalized spacial score (nSPS) is 19.4. The number of aromatic nitrogens is 4. The molecule has 1 aromatic carbocycles. The summed E-state index contributed by atoms with van der Waals surface area (Å²) in [5.41, 5.74) is 1.45. The van der Waals surface area contributed by atoms with E-state index in [1.54, 1.807) is 12.1 Å². The lowest BCUT2D eigenvalue weighted by molar-refractivity contribution is -0.258. The van der Waals surface area contributed by atoms with Gasteiger partial charge in [-0.15, -0.1) is 0 Å². The fourth-order valence-electron chi connectivity index (χ4n) is 4.46. The molecule has 13 heteroatoms. The molecule has 2 aliphatic heterocycles. The van der Waals surface area contributed by atoms with Gasteiger partial charge in [-0.2, -0.15) is 30.1 Å². The van der Waals surface area contributed by atoms with E-state index in [4.69, 9.17) is 16.3 Å². The van der Waals surface area contributed by atoms with Gasteiger partial charge in [0.1, 0.15) is 11.6 Å². The van der Waals surface area contributed by atoms with Crippen LogP contribution >= 0.6 is 11.6 Å². The Morgan fingerprint density at radius 3 is 2.53 bits per heavy atom. The van der Waals surface area contributed by atoms with Gasteiger partial charge in [-0.1, -0.05) is 11.6 Å². The molecule has 0 bridgehead atoms. The molecule has 12 nitrogen and oxygen atoms in total. The highest BCUT2D eigenvalue weighted by molar-refractivity contribution is 6.36. The van der Waals surface area contributed by atoms with E-state index >= 15 is 0 Å². The Morgan fingerprint density at radius 1 is 1.11 bits per heavy atom. The van der Waals surface area contributed by atoms with E-state index in [9.17, 15) is 15.6 Å². The lowest BCUT2D eigenvalue weighted by Crippen LogP contribution is -2.66. The van der Waals surface area contributed by atoms with E-state index in [1.807, 2.05) is 4.90 Å². The van der Waals surface area contributed by atoms with Crippen molar-refractivity contribution in [1.29, 1.82) is 10.5 Å². The maximum atomic E-state index is 10.6. The van der Waals surface area contributed by atoms with Crippen molar-refractivity contribution in [3.63, 3.8) is 0 Å². The number of piperazine rings is 1. The van der Waals surface area contributed by atoms with Crippen molar-refractivity contribution in [1.82, 2.24) is 24.5 Å². The van der Waals surface area contributed by atoms with Crippen LogP contribution in [0, 0.1) is 22.7 Å². The summed E-state index contributed by atoms with van der Waals surface area (Å²) in [6.07, 6.45) is 3.54. The zero-order valence-electron chi connectivity index (χ0n) is 19.3. The van der Waals surface area contributed by atoms with Gasteiger partial charge in [0.05, 0.1) is 47.4 Å². The Labute approximate surface area is 211 Å². The second kappa shape index (κ2) is 8.76. The van der Waals surface area contributed by atoms with Crippen LogP contribution in [-0.4, -0.2) is 80.7 Å². The average molecular weight is 507 g/mol. The number of rotatable bonds is 6. The van der Waals surface area contributed by atoms with E-state index < -0.39 is 5.72 Å². The van der Waals surface area contributed by atoms with Crippen LogP contribution < -0.4 is 15.5 Å². The Balaban J connectivity index is 1.30. The number of benzene rings is 1. The number of nitrogens with one attached hydrogen (secondary N) is 2. The molecule has 3 aliphatic rings. The first-order chi connectivity index (χ1) is 17.5. The molecule has 1 saturated carbocycles. The quantitative estimate of drug-likeness (QED) is 0.447. The van der Waals surface area contributed by atoms with Crippen LogP contribution in [0.2, 0.25) is 5.02 Å². The smallest absolute Gasteiger partial charge is 0.232 e. The van der Waals surface area contributed by atoms with Crippen LogP contribution in [0.1, 0.15) is 24.0 Å². The molecule has 4 heterocycles.